The summed E-state index contributed by atoms with van der Waals surface area (Å²) in [7, 11) is 0. The molecule has 0 spiro atoms. The summed E-state index contributed by atoms with van der Waals surface area (Å²) in [4.78, 5) is 0. The molecule has 1 aromatic heterocycles. The van der Waals surface area contributed by atoms with Gasteiger partial charge in [-0.3, -0.25) is 0 Å². The lowest BCUT2D eigenvalue weighted by Crippen LogP contribution is -2.43. The lowest BCUT2D eigenvalue weighted by Gasteiger charge is -2.49. The third kappa shape index (κ3) is 1.30. The van der Waals surface area contributed by atoms with E-state index in [1.165, 1.54) is 49.0 Å². The highest BCUT2D eigenvalue weighted by atomic mass is 16.3. The first-order valence-corrected chi connectivity index (χ1v) is 6.67. The second kappa shape index (κ2) is 3.38. The number of hydrogen-bond donors (Lipinski definition) is 0. The topological polar surface area (TPSA) is 13.1 Å². The van der Waals surface area contributed by atoms with Crippen LogP contribution in [0.25, 0.3) is 0 Å². The second-order valence-corrected chi connectivity index (χ2v) is 6.24. The van der Waals surface area contributed by atoms with Gasteiger partial charge in [0.1, 0.15) is 5.76 Å². The van der Waals surface area contributed by atoms with Gasteiger partial charge in [0.2, 0.25) is 0 Å². The first kappa shape index (κ1) is 10.4. The Labute approximate surface area is 98.2 Å². The molecule has 0 saturated heterocycles. The van der Waals surface area contributed by atoms with Gasteiger partial charge in [-0.2, -0.15) is 0 Å². The van der Waals surface area contributed by atoms with Gasteiger partial charge < -0.3 is 4.42 Å². The predicted octanol–water partition coefficient (Wildman–Crippen LogP) is 4.13. The average Bonchev–Trinajstić information content (AvgIpc) is 2.59. The van der Waals surface area contributed by atoms with Crippen LogP contribution in [0.5, 0.6) is 0 Å². The molecule has 0 aromatic carbocycles. The average molecular weight is 218 g/mol. The van der Waals surface area contributed by atoms with Gasteiger partial charge in [0.15, 0.2) is 0 Å². The van der Waals surface area contributed by atoms with Gasteiger partial charge in [-0.15, -0.1) is 0 Å². The van der Waals surface area contributed by atoms with Crippen molar-refractivity contribution < 1.29 is 4.42 Å². The molecule has 88 valence electrons. The zero-order valence-corrected chi connectivity index (χ0v) is 10.7. The molecule has 0 amide bonds. The Morgan fingerprint density at radius 2 is 2.19 bits per heavy atom. The van der Waals surface area contributed by atoms with Gasteiger partial charge in [-0.25, -0.2) is 0 Å². The van der Waals surface area contributed by atoms with Gasteiger partial charge in [0.05, 0.1) is 6.26 Å². The molecule has 1 heteroatoms. The third-order valence-corrected chi connectivity index (χ3v) is 5.43. The Hall–Kier alpha value is -0.720. The minimum Gasteiger partial charge on any atom is -0.469 e. The fourth-order valence-electron chi connectivity index (χ4n) is 3.92. The smallest absolute Gasteiger partial charge is 0.107 e. The third-order valence-electron chi connectivity index (χ3n) is 5.43. The first-order valence-electron chi connectivity index (χ1n) is 6.67. The predicted molar refractivity (Wildman–Crippen MR) is 65.5 cm³/mol. The molecular weight excluding hydrogens is 196 g/mol. The molecule has 1 saturated carbocycles. The Morgan fingerprint density at radius 3 is 3.00 bits per heavy atom. The van der Waals surface area contributed by atoms with E-state index in [-0.39, 0.29) is 0 Å². The van der Waals surface area contributed by atoms with Crippen LogP contribution in [0.15, 0.2) is 10.7 Å². The second-order valence-electron chi connectivity index (χ2n) is 6.24. The lowest BCUT2D eigenvalue weighted by atomic mass is 9.56. The number of aryl methyl sites for hydroxylation is 1. The van der Waals surface area contributed by atoms with Gasteiger partial charge in [-0.05, 0) is 48.1 Å². The molecule has 0 aliphatic heterocycles. The minimum atomic E-state index is 0.528. The summed E-state index contributed by atoms with van der Waals surface area (Å²) in [5.74, 6) is 3.01. The van der Waals surface area contributed by atoms with E-state index < -0.39 is 0 Å². The van der Waals surface area contributed by atoms with Crippen LogP contribution >= 0.6 is 0 Å². The molecule has 0 radical (unpaired) electrons. The van der Waals surface area contributed by atoms with Crippen LogP contribution in [0.1, 0.15) is 50.0 Å². The molecule has 1 fully saturated rings. The summed E-state index contributed by atoms with van der Waals surface area (Å²) < 4.78 is 5.72. The van der Waals surface area contributed by atoms with Crippen molar-refractivity contribution in [1.82, 2.24) is 0 Å². The Bertz CT molecular complexity index is 404. The van der Waals surface area contributed by atoms with Crippen LogP contribution in [0.2, 0.25) is 0 Å². The van der Waals surface area contributed by atoms with Crippen LogP contribution in [0.3, 0.4) is 0 Å². The van der Waals surface area contributed by atoms with Crippen molar-refractivity contribution in [2.75, 3.05) is 0 Å². The maximum atomic E-state index is 5.72. The Kier molecular flexibility index (Phi) is 2.21. The summed E-state index contributed by atoms with van der Waals surface area (Å²) in [5.41, 5.74) is 3.42. The molecule has 1 aromatic rings. The Balaban J connectivity index is 2.02. The normalized spacial score (nSPS) is 37.9. The van der Waals surface area contributed by atoms with E-state index in [0.29, 0.717) is 5.41 Å². The van der Waals surface area contributed by atoms with Crippen molar-refractivity contribution in [3.05, 3.63) is 23.2 Å². The summed E-state index contributed by atoms with van der Waals surface area (Å²) >= 11 is 0. The van der Waals surface area contributed by atoms with Crippen molar-refractivity contribution in [2.24, 2.45) is 17.3 Å². The van der Waals surface area contributed by atoms with E-state index in [0.717, 1.165) is 11.8 Å². The summed E-state index contributed by atoms with van der Waals surface area (Å²) in [5, 5.41) is 0. The van der Waals surface area contributed by atoms with Crippen LogP contribution in [-0.4, -0.2) is 0 Å². The standard InChI is InChI=1S/C15H22O/c1-10-9-16-14-7-12-6-4-5-11(2)15(12,3)8-13(10)14/h9,11-12H,4-8H2,1-3H3/t11-,12-,15+/m0/s1. The highest BCUT2D eigenvalue weighted by molar-refractivity contribution is 5.32. The van der Waals surface area contributed by atoms with Gasteiger partial charge in [-0.1, -0.05) is 26.7 Å². The minimum absolute atomic E-state index is 0.528. The van der Waals surface area contributed by atoms with Crippen molar-refractivity contribution in [3.8, 4) is 0 Å². The molecule has 2 aliphatic carbocycles. The summed E-state index contributed by atoms with van der Waals surface area (Å²) in [6.45, 7) is 7.16. The molecule has 1 nitrogen and oxygen atoms in total. The van der Waals surface area contributed by atoms with E-state index in [9.17, 15) is 0 Å². The Morgan fingerprint density at radius 1 is 1.38 bits per heavy atom. The zero-order chi connectivity index (χ0) is 11.3. The zero-order valence-electron chi connectivity index (χ0n) is 10.7. The molecule has 0 unspecified atom stereocenters. The molecule has 1 heterocycles. The molecular formula is C15H22O. The molecule has 0 bridgehead atoms. The van der Waals surface area contributed by atoms with Crippen molar-refractivity contribution in [1.29, 1.82) is 0 Å². The van der Waals surface area contributed by atoms with Crippen LogP contribution in [0, 0.1) is 24.2 Å². The van der Waals surface area contributed by atoms with Crippen molar-refractivity contribution >= 4 is 0 Å². The molecule has 3 rings (SSSR count). The molecule has 0 N–H and O–H groups in total. The number of fused-ring (bicyclic) bond motifs is 2. The van der Waals surface area contributed by atoms with E-state index in [2.05, 4.69) is 20.8 Å². The highest BCUT2D eigenvalue weighted by Crippen LogP contribution is 2.52. The number of rotatable bonds is 0. The lowest BCUT2D eigenvalue weighted by molar-refractivity contribution is 0.0371. The molecule has 3 atom stereocenters. The maximum absolute atomic E-state index is 5.72. The van der Waals surface area contributed by atoms with Crippen LogP contribution in [0.4, 0.5) is 0 Å². The van der Waals surface area contributed by atoms with Crippen molar-refractivity contribution in [3.63, 3.8) is 0 Å². The fraction of sp³-hybridized carbons (Fsp3) is 0.733. The highest BCUT2D eigenvalue weighted by Gasteiger charge is 2.45. The van der Waals surface area contributed by atoms with E-state index >= 15 is 0 Å². The van der Waals surface area contributed by atoms with Gasteiger partial charge >= 0.3 is 0 Å². The SMILES string of the molecule is Cc1coc2c1C[C@@]1(C)[C@@H](CCC[C@@H]1C)C2. The number of hydrogen-bond acceptors (Lipinski definition) is 1. The molecule has 2 aliphatic rings. The van der Waals surface area contributed by atoms with Crippen LogP contribution in [-0.2, 0) is 12.8 Å². The monoisotopic (exact) mass is 218 g/mol. The van der Waals surface area contributed by atoms with Crippen molar-refractivity contribution in [2.45, 2.75) is 52.9 Å². The van der Waals surface area contributed by atoms with E-state index in [4.69, 9.17) is 4.42 Å². The summed E-state index contributed by atoms with van der Waals surface area (Å²) in [6, 6.07) is 0. The fourth-order valence-corrected chi connectivity index (χ4v) is 3.92. The van der Waals surface area contributed by atoms with E-state index in [1.807, 2.05) is 6.26 Å². The number of furan rings is 1. The van der Waals surface area contributed by atoms with Crippen LogP contribution < -0.4 is 0 Å². The molecule has 16 heavy (non-hydrogen) atoms. The maximum Gasteiger partial charge on any atom is 0.107 e. The quantitative estimate of drug-likeness (QED) is 0.638. The first-order chi connectivity index (χ1) is 7.61. The summed E-state index contributed by atoms with van der Waals surface area (Å²) in [6.07, 6.45) is 8.62. The van der Waals surface area contributed by atoms with Gasteiger partial charge in [0, 0.05) is 6.42 Å². The largest absolute Gasteiger partial charge is 0.469 e. The van der Waals surface area contributed by atoms with Gasteiger partial charge in [0.25, 0.3) is 0 Å². The van der Waals surface area contributed by atoms with E-state index in [1.54, 1.807) is 0 Å².